The van der Waals surface area contributed by atoms with Crippen LogP contribution in [0.4, 0.5) is 24.5 Å². The largest absolute Gasteiger partial charge is 0.416 e. The molecule has 8 heteroatoms. The van der Waals surface area contributed by atoms with E-state index in [0.29, 0.717) is 29.4 Å². The van der Waals surface area contributed by atoms with E-state index in [1.807, 2.05) is 34.6 Å². The van der Waals surface area contributed by atoms with Crippen molar-refractivity contribution in [3.8, 4) is 0 Å². The molecule has 5 nitrogen and oxygen atoms in total. The van der Waals surface area contributed by atoms with E-state index in [9.17, 15) is 22.8 Å². The summed E-state index contributed by atoms with van der Waals surface area (Å²) in [6, 6.07) is 9.20. The summed E-state index contributed by atoms with van der Waals surface area (Å²) in [6.07, 6.45) is 4.58. The van der Waals surface area contributed by atoms with Gasteiger partial charge in [0.1, 0.15) is 0 Å². The number of hydrogen-bond donors (Lipinski definition) is 3. The van der Waals surface area contributed by atoms with Gasteiger partial charge in [-0.3, -0.25) is 9.59 Å². The van der Waals surface area contributed by atoms with Gasteiger partial charge in [0.25, 0.3) is 11.8 Å². The maximum absolute atomic E-state index is 13.7. The predicted octanol–water partition coefficient (Wildman–Crippen LogP) is 11.4. The molecule has 0 saturated carbocycles. The molecule has 1 aliphatic carbocycles. The zero-order chi connectivity index (χ0) is 36.6. The van der Waals surface area contributed by atoms with Crippen LogP contribution in [0.5, 0.6) is 0 Å². The van der Waals surface area contributed by atoms with Gasteiger partial charge in [-0.15, -0.1) is 0 Å². The van der Waals surface area contributed by atoms with Crippen LogP contribution in [0.3, 0.4) is 0 Å². The maximum atomic E-state index is 13.7. The second-order valence-electron chi connectivity index (χ2n) is 12.0. The first-order valence-electron chi connectivity index (χ1n) is 17.1. The SMILES string of the molecule is CC.CCC(C)C.C\C=C(C(=O)Nc1cc(NC(=O)c2cccc(C(F)(F)F)c2)ccc1C)/C(NCC)=C1/C=CC(C)C/C1=C(/C)CC. The van der Waals surface area contributed by atoms with Crippen LogP contribution in [-0.2, 0) is 11.0 Å². The van der Waals surface area contributed by atoms with E-state index >= 15 is 0 Å². The Bertz CT molecular complexity index is 1500. The highest BCUT2D eigenvalue weighted by Gasteiger charge is 2.31. The van der Waals surface area contributed by atoms with Crippen molar-refractivity contribution in [3.63, 3.8) is 0 Å². The van der Waals surface area contributed by atoms with Gasteiger partial charge in [0.2, 0.25) is 0 Å². The van der Waals surface area contributed by atoms with Gasteiger partial charge in [0.05, 0.1) is 16.8 Å². The first-order chi connectivity index (χ1) is 22.7. The maximum Gasteiger partial charge on any atom is 0.416 e. The zero-order valence-electron chi connectivity index (χ0n) is 30.7. The normalized spacial score (nSPS) is 16.6. The molecule has 2 amide bonds. The van der Waals surface area contributed by atoms with Crippen LogP contribution < -0.4 is 16.0 Å². The van der Waals surface area contributed by atoms with E-state index in [1.54, 1.807) is 24.3 Å². The summed E-state index contributed by atoms with van der Waals surface area (Å²) in [5.41, 5.74) is 5.32. The van der Waals surface area contributed by atoms with Crippen LogP contribution in [0.15, 0.2) is 88.7 Å². The van der Waals surface area contributed by atoms with Crippen molar-refractivity contribution in [1.29, 1.82) is 0 Å². The molecule has 0 fully saturated rings. The van der Waals surface area contributed by atoms with Gasteiger partial charge < -0.3 is 16.0 Å². The molecule has 0 heterocycles. The average Bonchev–Trinajstić information content (AvgIpc) is 3.06. The lowest BCUT2D eigenvalue weighted by Crippen LogP contribution is -2.26. The number of carbonyl (C=O) groups excluding carboxylic acids is 2. The van der Waals surface area contributed by atoms with Gasteiger partial charge in [-0.25, -0.2) is 0 Å². The molecule has 264 valence electrons. The molecule has 1 atom stereocenters. The first-order valence-corrected chi connectivity index (χ1v) is 17.1. The molecule has 1 aliphatic rings. The molecule has 2 aromatic carbocycles. The summed E-state index contributed by atoms with van der Waals surface area (Å²) >= 11 is 0. The molecule has 3 rings (SSSR count). The summed E-state index contributed by atoms with van der Waals surface area (Å²) < 4.78 is 39.3. The highest BCUT2D eigenvalue weighted by atomic mass is 19.4. The summed E-state index contributed by atoms with van der Waals surface area (Å²) in [7, 11) is 0. The minimum atomic E-state index is -4.56. The van der Waals surface area contributed by atoms with E-state index in [1.165, 1.54) is 29.7 Å². The van der Waals surface area contributed by atoms with Crippen molar-refractivity contribution in [3.05, 3.63) is 105 Å². The molecule has 0 aromatic heterocycles. The summed E-state index contributed by atoms with van der Waals surface area (Å²) in [6.45, 7) is 23.3. The van der Waals surface area contributed by atoms with Crippen LogP contribution >= 0.6 is 0 Å². The van der Waals surface area contributed by atoms with Crippen molar-refractivity contribution < 1.29 is 22.8 Å². The topological polar surface area (TPSA) is 70.2 Å². The molecule has 0 bridgehead atoms. The van der Waals surface area contributed by atoms with Crippen LogP contribution in [0.25, 0.3) is 0 Å². The van der Waals surface area contributed by atoms with Crippen molar-refractivity contribution >= 4 is 23.2 Å². The summed E-state index contributed by atoms with van der Waals surface area (Å²) in [4.78, 5) is 26.4. The highest BCUT2D eigenvalue weighted by Crippen LogP contribution is 2.35. The number of carbonyl (C=O) groups is 2. The number of amides is 2. The third kappa shape index (κ3) is 12.5. The second-order valence-corrected chi connectivity index (χ2v) is 12.0. The van der Waals surface area contributed by atoms with E-state index in [0.717, 1.165) is 47.7 Å². The van der Waals surface area contributed by atoms with Gasteiger partial charge in [0, 0.05) is 29.1 Å². The monoisotopic (exact) mass is 667 g/mol. The van der Waals surface area contributed by atoms with E-state index in [2.05, 4.69) is 69.6 Å². The minimum Gasteiger partial charge on any atom is -0.384 e. The molecule has 3 N–H and O–H groups in total. The third-order valence-corrected chi connectivity index (χ3v) is 7.93. The number of nitrogens with one attached hydrogen (secondary N) is 3. The lowest BCUT2D eigenvalue weighted by molar-refractivity contribution is -0.137. The molecular formula is C40H56F3N3O2. The van der Waals surface area contributed by atoms with E-state index < -0.39 is 17.6 Å². The minimum absolute atomic E-state index is 0.120. The number of halogens is 3. The van der Waals surface area contributed by atoms with Crippen molar-refractivity contribution in [2.75, 3.05) is 17.2 Å². The summed E-state index contributed by atoms with van der Waals surface area (Å²) in [5.74, 6) is 0.280. The Morgan fingerprint density at radius 2 is 1.67 bits per heavy atom. The Kier molecular flexibility index (Phi) is 17.8. The molecule has 2 aromatic rings. The smallest absolute Gasteiger partial charge is 0.384 e. The fourth-order valence-electron chi connectivity index (χ4n) is 4.68. The van der Waals surface area contributed by atoms with Crippen molar-refractivity contribution in [2.24, 2.45) is 11.8 Å². The summed E-state index contributed by atoms with van der Waals surface area (Å²) in [5, 5.41) is 9.01. The van der Waals surface area contributed by atoms with Gasteiger partial charge >= 0.3 is 6.18 Å². The number of aryl methyl sites for hydroxylation is 1. The lowest BCUT2D eigenvalue weighted by atomic mass is 9.83. The van der Waals surface area contributed by atoms with Gasteiger partial charge in [-0.2, -0.15) is 13.2 Å². The average molecular weight is 668 g/mol. The molecule has 0 spiro atoms. The van der Waals surface area contributed by atoms with Crippen molar-refractivity contribution in [2.45, 2.75) is 102 Å². The van der Waals surface area contributed by atoms with Gasteiger partial charge in [0.15, 0.2) is 0 Å². The zero-order valence-corrected chi connectivity index (χ0v) is 30.7. The Hall–Kier alpha value is -4.07. The standard InChI is InChI=1S/C33H38F3N3O2.C5H12.C2H6/c1-7-21(5)28-17-20(4)13-16-27(28)30(37-9-3)26(8-2)32(41)39-29-19-25(15-14-22(29)6)38-31(40)23-11-10-12-24(18-23)33(34,35)36;1-4-5(2)3;1-2/h8,10-16,18-20,37H,7,9,17H2,1-6H3,(H,38,40)(H,39,41);5H,4H2,1-3H3;1-2H3/b26-8+,28-21+,30-27+;;. The molecule has 0 radical (unpaired) electrons. The van der Waals surface area contributed by atoms with Crippen molar-refractivity contribution in [1.82, 2.24) is 5.32 Å². The predicted molar refractivity (Wildman–Crippen MR) is 196 cm³/mol. The number of rotatable bonds is 9. The molecule has 1 unspecified atom stereocenters. The lowest BCUT2D eigenvalue weighted by Gasteiger charge is -2.25. The number of benzene rings is 2. The second kappa shape index (κ2) is 20.3. The van der Waals surface area contributed by atoms with Crippen LogP contribution in [0.2, 0.25) is 0 Å². The number of allylic oxidation sites excluding steroid dienone is 6. The number of hydrogen-bond acceptors (Lipinski definition) is 3. The van der Waals surface area contributed by atoms with Crippen LogP contribution in [0.1, 0.15) is 110 Å². The Morgan fingerprint density at radius 1 is 1.02 bits per heavy atom. The first kappa shape index (κ1) is 42.0. The molecule has 0 saturated heterocycles. The highest BCUT2D eigenvalue weighted by molar-refractivity contribution is 6.08. The fraction of sp³-hybridized carbons (Fsp3) is 0.450. The van der Waals surface area contributed by atoms with Gasteiger partial charge in [-0.1, -0.05) is 90.8 Å². The van der Waals surface area contributed by atoms with E-state index in [-0.39, 0.29) is 11.5 Å². The third-order valence-electron chi connectivity index (χ3n) is 7.93. The van der Waals surface area contributed by atoms with E-state index in [4.69, 9.17) is 0 Å². The number of anilines is 2. The Labute approximate surface area is 286 Å². The molecular weight excluding hydrogens is 611 g/mol. The Balaban J connectivity index is 0.00000150. The molecule has 48 heavy (non-hydrogen) atoms. The quantitative estimate of drug-likeness (QED) is 0.233. The Morgan fingerprint density at radius 3 is 2.21 bits per heavy atom. The number of likely N-dealkylation sites (N-methyl/N-ethyl adjacent to an activating group) is 1. The van der Waals surface area contributed by atoms with Gasteiger partial charge in [-0.05, 0) is 93.8 Å². The van der Waals surface area contributed by atoms with Crippen LogP contribution in [0, 0.1) is 18.8 Å². The van der Waals surface area contributed by atoms with Crippen LogP contribution in [-0.4, -0.2) is 18.4 Å². The molecule has 0 aliphatic heterocycles. The number of alkyl halides is 3. The fourth-order valence-corrected chi connectivity index (χ4v) is 4.68.